The van der Waals surface area contributed by atoms with Crippen molar-refractivity contribution in [2.24, 2.45) is 5.92 Å². The van der Waals surface area contributed by atoms with Crippen LogP contribution in [0.5, 0.6) is 0 Å². The molecule has 2 rings (SSSR count). The Morgan fingerprint density at radius 2 is 2.13 bits per heavy atom. The van der Waals surface area contributed by atoms with Crippen molar-refractivity contribution in [1.82, 2.24) is 15.2 Å². The van der Waals surface area contributed by atoms with E-state index in [0.29, 0.717) is 10.8 Å². The molecule has 5 nitrogen and oxygen atoms in total. The number of amides is 1. The summed E-state index contributed by atoms with van der Waals surface area (Å²) in [6.45, 7) is 11.1. The normalized spacial score (nSPS) is 17.4. The lowest BCUT2D eigenvalue weighted by molar-refractivity contribution is 0.0929. The van der Waals surface area contributed by atoms with Crippen LogP contribution < -0.4 is 5.32 Å². The molecule has 1 aromatic heterocycles. The lowest BCUT2D eigenvalue weighted by Gasteiger charge is -2.31. The summed E-state index contributed by atoms with van der Waals surface area (Å²) < 4.78 is 5.12. The van der Waals surface area contributed by atoms with Gasteiger partial charge in [0, 0.05) is 25.6 Å². The zero-order chi connectivity index (χ0) is 16.9. The van der Waals surface area contributed by atoms with Crippen molar-refractivity contribution in [3.63, 3.8) is 0 Å². The molecule has 0 unspecified atom stereocenters. The first-order valence-corrected chi connectivity index (χ1v) is 9.17. The average Bonchev–Trinajstić information content (AvgIpc) is 3.02. The van der Waals surface area contributed by atoms with Gasteiger partial charge in [0.25, 0.3) is 5.91 Å². The third-order valence-corrected chi connectivity index (χ3v) is 5.66. The largest absolute Gasteiger partial charge is 0.383 e. The van der Waals surface area contributed by atoms with Gasteiger partial charge in [0.1, 0.15) is 4.88 Å². The highest BCUT2D eigenvalue weighted by Gasteiger charge is 2.22. The van der Waals surface area contributed by atoms with Gasteiger partial charge in [0.2, 0.25) is 0 Å². The van der Waals surface area contributed by atoms with E-state index in [1.54, 1.807) is 13.3 Å². The first-order chi connectivity index (χ1) is 10.9. The van der Waals surface area contributed by atoms with Gasteiger partial charge in [-0.15, -0.1) is 11.3 Å². The molecule has 6 heteroatoms. The second kappa shape index (κ2) is 8.22. The number of methoxy groups -OCH3 is 1. The molecule has 0 saturated carbocycles. The second-order valence-corrected chi connectivity index (χ2v) is 8.30. The molecule has 0 aromatic carbocycles. The van der Waals surface area contributed by atoms with Crippen LogP contribution in [0.3, 0.4) is 0 Å². The molecule has 1 aliphatic heterocycles. The molecule has 0 radical (unpaired) electrons. The summed E-state index contributed by atoms with van der Waals surface area (Å²) in [6.07, 6.45) is 3.98. The number of ether oxygens (including phenoxy) is 1. The van der Waals surface area contributed by atoms with Crippen LogP contribution in [0.2, 0.25) is 0 Å². The molecule has 0 atom stereocenters. The number of nitrogens with zero attached hydrogens (tertiary/aromatic N) is 2. The van der Waals surface area contributed by atoms with Crippen LogP contribution in [0.4, 0.5) is 0 Å². The van der Waals surface area contributed by atoms with E-state index < -0.39 is 0 Å². The zero-order valence-electron chi connectivity index (χ0n) is 14.7. The highest BCUT2D eigenvalue weighted by Crippen LogP contribution is 2.26. The zero-order valence-corrected chi connectivity index (χ0v) is 15.5. The monoisotopic (exact) mass is 339 g/mol. The van der Waals surface area contributed by atoms with Crippen LogP contribution in [0, 0.1) is 5.92 Å². The summed E-state index contributed by atoms with van der Waals surface area (Å²) in [5.74, 6) is 0.590. The van der Waals surface area contributed by atoms with E-state index in [9.17, 15) is 4.79 Å². The summed E-state index contributed by atoms with van der Waals surface area (Å²) in [4.78, 5) is 19.8. The van der Waals surface area contributed by atoms with Crippen molar-refractivity contribution in [3.05, 3.63) is 16.1 Å². The molecule has 0 aliphatic carbocycles. The highest BCUT2D eigenvalue weighted by molar-refractivity contribution is 7.13. The number of hydrogen-bond acceptors (Lipinski definition) is 5. The summed E-state index contributed by atoms with van der Waals surface area (Å²) in [5.41, 5.74) is -0.00176. The van der Waals surface area contributed by atoms with E-state index in [1.165, 1.54) is 11.3 Å². The average molecular weight is 340 g/mol. The molecular formula is C17H29N3O2S. The van der Waals surface area contributed by atoms with Crippen LogP contribution >= 0.6 is 11.3 Å². The van der Waals surface area contributed by atoms with Gasteiger partial charge in [-0.25, -0.2) is 4.98 Å². The Bertz CT molecular complexity index is 502. The van der Waals surface area contributed by atoms with Crippen molar-refractivity contribution in [1.29, 1.82) is 0 Å². The van der Waals surface area contributed by atoms with Crippen molar-refractivity contribution in [2.45, 2.75) is 39.0 Å². The number of thiazole rings is 1. The number of likely N-dealkylation sites (tertiary alicyclic amines) is 1. The molecular weight excluding hydrogens is 310 g/mol. The molecule has 1 fully saturated rings. The van der Waals surface area contributed by atoms with Crippen molar-refractivity contribution >= 4 is 17.2 Å². The molecule has 1 saturated heterocycles. The van der Waals surface area contributed by atoms with Gasteiger partial charge in [-0.05, 0) is 31.8 Å². The smallest absolute Gasteiger partial charge is 0.263 e. The van der Waals surface area contributed by atoms with E-state index in [1.807, 2.05) is 0 Å². The molecule has 23 heavy (non-hydrogen) atoms. The minimum Gasteiger partial charge on any atom is -0.383 e. The van der Waals surface area contributed by atoms with E-state index in [-0.39, 0.29) is 11.3 Å². The molecule has 130 valence electrons. The lowest BCUT2D eigenvalue weighted by Crippen LogP contribution is -2.39. The Morgan fingerprint density at radius 1 is 1.43 bits per heavy atom. The number of nitrogens with one attached hydrogen (secondary N) is 1. The van der Waals surface area contributed by atoms with Gasteiger partial charge < -0.3 is 15.0 Å². The third-order valence-electron chi connectivity index (χ3n) is 4.24. The molecule has 0 bridgehead atoms. The fourth-order valence-corrected chi connectivity index (χ4v) is 3.57. The Kier molecular flexibility index (Phi) is 6.56. The Morgan fingerprint density at radius 3 is 2.70 bits per heavy atom. The van der Waals surface area contributed by atoms with Gasteiger partial charge in [-0.2, -0.15) is 0 Å². The highest BCUT2D eigenvalue weighted by atomic mass is 32.1. The van der Waals surface area contributed by atoms with Gasteiger partial charge in [0.15, 0.2) is 0 Å². The van der Waals surface area contributed by atoms with Gasteiger partial charge in [0.05, 0.1) is 17.8 Å². The van der Waals surface area contributed by atoms with Gasteiger partial charge in [-0.3, -0.25) is 4.79 Å². The molecule has 1 aromatic rings. The molecule has 2 heterocycles. The van der Waals surface area contributed by atoms with E-state index in [4.69, 9.17) is 4.74 Å². The maximum Gasteiger partial charge on any atom is 0.263 e. The third kappa shape index (κ3) is 5.55. The molecule has 1 amide bonds. The van der Waals surface area contributed by atoms with Crippen LogP contribution in [-0.2, 0) is 10.2 Å². The van der Waals surface area contributed by atoms with E-state index in [0.717, 1.165) is 50.6 Å². The standard InChI is InChI=1S/C17H29N3O2S/c1-17(2,3)16-19-12-14(23-16)15(21)18-11-13-5-7-20(8-6-13)9-10-22-4/h12-13H,5-11H2,1-4H3,(H,18,21). The molecule has 0 spiro atoms. The summed E-state index contributed by atoms with van der Waals surface area (Å²) >= 11 is 1.50. The minimum absolute atomic E-state index is 0.00176. The van der Waals surface area contributed by atoms with Gasteiger partial charge in [-0.1, -0.05) is 20.8 Å². The molecule has 1 N–H and O–H groups in total. The first-order valence-electron chi connectivity index (χ1n) is 8.36. The fraction of sp³-hybridized carbons (Fsp3) is 0.765. The van der Waals surface area contributed by atoms with E-state index in [2.05, 4.69) is 36.0 Å². The number of carbonyl (C=O) groups is 1. The van der Waals surface area contributed by atoms with E-state index >= 15 is 0 Å². The predicted octanol–water partition coefficient (Wildman–Crippen LogP) is 2.53. The number of piperidine rings is 1. The maximum absolute atomic E-state index is 12.3. The van der Waals surface area contributed by atoms with Crippen molar-refractivity contribution < 1.29 is 9.53 Å². The topological polar surface area (TPSA) is 54.5 Å². The van der Waals surface area contributed by atoms with Crippen LogP contribution in [0.15, 0.2) is 6.20 Å². The lowest BCUT2D eigenvalue weighted by atomic mass is 9.97. The fourth-order valence-electron chi connectivity index (χ4n) is 2.68. The second-order valence-electron chi connectivity index (χ2n) is 7.27. The number of hydrogen-bond donors (Lipinski definition) is 1. The maximum atomic E-state index is 12.3. The van der Waals surface area contributed by atoms with Gasteiger partial charge >= 0.3 is 0 Å². The minimum atomic E-state index is -0.00176. The Balaban J connectivity index is 1.74. The predicted molar refractivity (Wildman–Crippen MR) is 94.2 cm³/mol. The van der Waals surface area contributed by atoms with Crippen LogP contribution in [0.25, 0.3) is 0 Å². The summed E-state index contributed by atoms with van der Waals surface area (Å²) in [5, 5.41) is 4.09. The summed E-state index contributed by atoms with van der Waals surface area (Å²) in [7, 11) is 1.74. The Labute approximate surface area is 143 Å². The van der Waals surface area contributed by atoms with Crippen molar-refractivity contribution in [2.75, 3.05) is 39.9 Å². The first kappa shape index (κ1) is 18.4. The van der Waals surface area contributed by atoms with Crippen molar-refractivity contribution in [3.8, 4) is 0 Å². The van der Waals surface area contributed by atoms with Crippen LogP contribution in [0.1, 0.15) is 48.3 Å². The van der Waals surface area contributed by atoms with Crippen LogP contribution in [-0.4, -0.2) is 55.7 Å². The number of aromatic nitrogens is 1. The Hall–Kier alpha value is -0.980. The number of carbonyl (C=O) groups excluding carboxylic acids is 1. The number of rotatable bonds is 6. The molecule has 1 aliphatic rings. The summed E-state index contributed by atoms with van der Waals surface area (Å²) in [6, 6.07) is 0. The quantitative estimate of drug-likeness (QED) is 0.865. The SMILES string of the molecule is COCCN1CCC(CNC(=O)c2cnc(C(C)(C)C)s2)CC1.